The summed E-state index contributed by atoms with van der Waals surface area (Å²) in [5.41, 5.74) is 0. The van der Waals surface area contributed by atoms with Gasteiger partial charge in [0, 0.05) is 19.3 Å². The van der Waals surface area contributed by atoms with Crippen molar-refractivity contribution in [2.45, 2.75) is 32.1 Å². The lowest BCUT2D eigenvalue weighted by atomic mass is 9.75. The molecule has 0 N–H and O–H groups in total. The van der Waals surface area contributed by atoms with Gasteiger partial charge >= 0.3 is 0 Å². The smallest absolute Gasteiger partial charge is 0.142 e. The van der Waals surface area contributed by atoms with Gasteiger partial charge < -0.3 is 4.90 Å². The molecule has 2 heterocycles. The molecular weight excluding hydrogens is 276 g/mol. The first-order valence-corrected chi connectivity index (χ1v) is 7.49. The summed E-state index contributed by atoms with van der Waals surface area (Å²) < 4.78 is 1.13. The molecule has 2 fully saturated rings. The number of hydrogen-bond donors (Lipinski definition) is 0. The molecule has 0 amide bonds. The zero-order valence-corrected chi connectivity index (χ0v) is 11.7. The first kappa shape index (κ1) is 11.5. The molecule has 3 heteroatoms. The first-order valence-electron chi connectivity index (χ1n) is 6.70. The summed E-state index contributed by atoms with van der Waals surface area (Å²) in [6.07, 6.45) is 9.01. The predicted molar refractivity (Wildman–Crippen MR) is 74.2 cm³/mol. The van der Waals surface area contributed by atoms with Gasteiger partial charge in [0.15, 0.2) is 0 Å². The van der Waals surface area contributed by atoms with E-state index in [1.807, 2.05) is 12.3 Å². The highest BCUT2D eigenvalue weighted by Gasteiger charge is 2.31. The molecule has 92 valence electrons. The number of anilines is 1. The summed E-state index contributed by atoms with van der Waals surface area (Å²) in [6.45, 7) is 2.39. The minimum absolute atomic E-state index is 0.909. The molecule has 1 aromatic rings. The number of piperidine rings is 1. The van der Waals surface area contributed by atoms with E-state index in [2.05, 4.69) is 31.9 Å². The molecule has 0 spiro atoms. The van der Waals surface area contributed by atoms with Crippen LogP contribution in [0.2, 0.25) is 0 Å². The average Bonchev–Trinajstić information content (AvgIpc) is 2.39. The van der Waals surface area contributed by atoms with Gasteiger partial charge in [-0.25, -0.2) is 4.98 Å². The SMILES string of the molecule is Brc1cccnc1N1CCC2CCCCC2C1. The van der Waals surface area contributed by atoms with Crippen molar-refractivity contribution in [1.29, 1.82) is 0 Å². The maximum absolute atomic E-state index is 4.52. The molecule has 2 unspecified atom stereocenters. The van der Waals surface area contributed by atoms with Gasteiger partial charge in [-0.05, 0) is 52.7 Å². The second kappa shape index (κ2) is 4.97. The molecule has 3 rings (SSSR count). The number of pyridine rings is 1. The van der Waals surface area contributed by atoms with Crippen LogP contribution in [0.3, 0.4) is 0 Å². The number of aromatic nitrogens is 1. The Kier molecular flexibility index (Phi) is 3.37. The molecule has 1 saturated carbocycles. The van der Waals surface area contributed by atoms with Gasteiger partial charge in [-0.2, -0.15) is 0 Å². The molecule has 2 nitrogen and oxygen atoms in total. The molecule has 0 bridgehead atoms. The van der Waals surface area contributed by atoms with Gasteiger partial charge in [0.05, 0.1) is 4.47 Å². The van der Waals surface area contributed by atoms with E-state index in [9.17, 15) is 0 Å². The largest absolute Gasteiger partial charge is 0.355 e. The van der Waals surface area contributed by atoms with Gasteiger partial charge in [0.2, 0.25) is 0 Å². The molecular formula is C14H19BrN2. The van der Waals surface area contributed by atoms with E-state index in [4.69, 9.17) is 0 Å². The zero-order chi connectivity index (χ0) is 11.7. The number of fused-ring (bicyclic) bond motifs is 1. The molecule has 1 aromatic heterocycles. The fraction of sp³-hybridized carbons (Fsp3) is 0.643. The molecule has 17 heavy (non-hydrogen) atoms. The monoisotopic (exact) mass is 294 g/mol. The van der Waals surface area contributed by atoms with Crippen molar-refractivity contribution in [3.63, 3.8) is 0 Å². The number of rotatable bonds is 1. The molecule has 1 aliphatic heterocycles. The van der Waals surface area contributed by atoms with Crippen LogP contribution in [0.15, 0.2) is 22.8 Å². The Labute approximate surface area is 112 Å². The van der Waals surface area contributed by atoms with Crippen LogP contribution in [0, 0.1) is 11.8 Å². The van der Waals surface area contributed by atoms with Crippen molar-refractivity contribution < 1.29 is 0 Å². The van der Waals surface area contributed by atoms with Crippen LogP contribution >= 0.6 is 15.9 Å². The quantitative estimate of drug-likeness (QED) is 0.782. The topological polar surface area (TPSA) is 16.1 Å². The third-order valence-corrected chi connectivity index (χ3v) is 4.95. The molecule has 1 saturated heterocycles. The lowest BCUT2D eigenvalue weighted by Crippen LogP contribution is -2.42. The summed E-state index contributed by atoms with van der Waals surface area (Å²) in [6, 6.07) is 4.08. The van der Waals surface area contributed by atoms with Crippen LogP contribution < -0.4 is 4.90 Å². The summed E-state index contributed by atoms with van der Waals surface area (Å²) >= 11 is 3.62. The van der Waals surface area contributed by atoms with Crippen molar-refractivity contribution in [3.05, 3.63) is 22.8 Å². The molecule has 2 aliphatic rings. The highest BCUT2D eigenvalue weighted by atomic mass is 79.9. The molecule has 2 atom stereocenters. The van der Waals surface area contributed by atoms with Crippen LogP contribution in [0.5, 0.6) is 0 Å². The number of hydrogen-bond acceptors (Lipinski definition) is 2. The Hall–Kier alpha value is -0.570. The van der Waals surface area contributed by atoms with Crippen LogP contribution in [0.25, 0.3) is 0 Å². The normalized spacial score (nSPS) is 28.9. The van der Waals surface area contributed by atoms with Crippen LogP contribution in [-0.4, -0.2) is 18.1 Å². The lowest BCUT2D eigenvalue weighted by Gasteiger charge is -2.42. The van der Waals surface area contributed by atoms with E-state index in [-0.39, 0.29) is 0 Å². The summed E-state index contributed by atoms with van der Waals surface area (Å²) in [5.74, 6) is 3.03. The average molecular weight is 295 g/mol. The summed E-state index contributed by atoms with van der Waals surface area (Å²) in [4.78, 5) is 6.99. The van der Waals surface area contributed by atoms with Crippen molar-refractivity contribution in [2.24, 2.45) is 11.8 Å². The Morgan fingerprint density at radius 1 is 1.18 bits per heavy atom. The highest BCUT2D eigenvalue weighted by molar-refractivity contribution is 9.10. The van der Waals surface area contributed by atoms with E-state index in [1.54, 1.807) is 0 Å². The van der Waals surface area contributed by atoms with Gasteiger partial charge in [-0.15, -0.1) is 0 Å². The first-order chi connectivity index (χ1) is 8.34. The van der Waals surface area contributed by atoms with Crippen LogP contribution in [0.1, 0.15) is 32.1 Å². The summed E-state index contributed by atoms with van der Waals surface area (Å²) in [7, 11) is 0. The standard InChI is InChI=1S/C14H19BrN2/c15-13-6-3-8-16-14(13)17-9-7-11-4-1-2-5-12(11)10-17/h3,6,8,11-12H,1-2,4-5,7,9-10H2. The minimum Gasteiger partial charge on any atom is -0.355 e. The van der Waals surface area contributed by atoms with Crippen molar-refractivity contribution in [2.75, 3.05) is 18.0 Å². The minimum atomic E-state index is 0.909. The zero-order valence-electron chi connectivity index (χ0n) is 10.1. The van der Waals surface area contributed by atoms with Gasteiger partial charge in [0.1, 0.15) is 5.82 Å². The highest BCUT2D eigenvalue weighted by Crippen LogP contribution is 2.38. The maximum Gasteiger partial charge on any atom is 0.142 e. The second-order valence-electron chi connectivity index (χ2n) is 5.35. The molecule has 0 radical (unpaired) electrons. The third-order valence-electron chi connectivity index (χ3n) is 4.33. The van der Waals surface area contributed by atoms with Crippen molar-refractivity contribution in [3.8, 4) is 0 Å². The van der Waals surface area contributed by atoms with Crippen LogP contribution in [-0.2, 0) is 0 Å². The van der Waals surface area contributed by atoms with Gasteiger partial charge in [0.25, 0.3) is 0 Å². The Balaban J connectivity index is 1.76. The molecule has 1 aliphatic carbocycles. The molecule has 0 aromatic carbocycles. The predicted octanol–water partition coefficient (Wildman–Crippen LogP) is 3.86. The number of halogens is 1. The van der Waals surface area contributed by atoms with E-state index >= 15 is 0 Å². The summed E-state index contributed by atoms with van der Waals surface area (Å²) in [5, 5.41) is 0. The number of nitrogens with zero attached hydrogens (tertiary/aromatic N) is 2. The van der Waals surface area contributed by atoms with E-state index in [1.165, 1.54) is 45.2 Å². The van der Waals surface area contributed by atoms with Crippen molar-refractivity contribution >= 4 is 21.7 Å². The Bertz CT molecular complexity index is 394. The maximum atomic E-state index is 4.52. The third kappa shape index (κ3) is 2.35. The van der Waals surface area contributed by atoms with E-state index < -0.39 is 0 Å². The van der Waals surface area contributed by atoms with Crippen molar-refractivity contribution in [1.82, 2.24) is 4.98 Å². The van der Waals surface area contributed by atoms with E-state index in [0.29, 0.717) is 0 Å². The Morgan fingerprint density at radius 3 is 2.82 bits per heavy atom. The van der Waals surface area contributed by atoms with Crippen LogP contribution in [0.4, 0.5) is 5.82 Å². The fourth-order valence-electron chi connectivity index (χ4n) is 3.40. The van der Waals surface area contributed by atoms with Gasteiger partial charge in [-0.1, -0.05) is 19.3 Å². The Morgan fingerprint density at radius 2 is 2.00 bits per heavy atom. The fourth-order valence-corrected chi connectivity index (χ4v) is 3.91. The second-order valence-corrected chi connectivity index (χ2v) is 6.20. The van der Waals surface area contributed by atoms with Gasteiger partial charge in [-0.3, -0.25) is 0 Å². The lowest BCUT2D eigenvalue weighted by molar-refractivity contribution is 0.202. The van der Waals surface area contributed by atoms with E-state index in [0.717, 1.165) is 22.1 Å².